The summed E-state index contributed by atoms with van der Waals surface area (Å²) in [6.07, 6.45) is 1.41. The number of carboxylic acid groups (broad SMARTS) is 1. The van der Waals surface area contributed by atoms with Crippen molar-refractivity contribution < 1.29 is 9.90 Å². The van der Waals surface area contributed by atoms with Gasteiger partial charge in [-0.05, 0) is 97.9 Å². The second kappa shape index (κ2) is 16.5. The third-order valence-corrected chi connectivity index (χ3v) is 10.7. The fourth-order valence-electron chi connectivity index (χ4n) is 7.02. The number of hydrogen-bond donors (Lipinski definition) is 1. The van der Waals surface area contributed by atoms with Gasteiger partial charge in [0.2, 0.25) is 0 Å². The highest BCUT2D eigenvalue weighted by Crippen LogP contribution is 2.42. The highest BCUT2D eigenvalue weighted by molar-refractivity contribution is 7.16. The SMILES string of the molecule is CCn1c(-c2ccc(/C=C(\C#N)C(=O)O)s2)nc(-c2ccc(N(c3ccccc3)c3ccccc3)cc2)c1-c1ccc(N(c2ccccc2)c2ccccc2)cc1. The molecular formula is C49H37N5O2S. The van der Waals surface area contributed by atoms with Crippen LogP contribution in [0.25, 0.3) is 39.3 Å². The summed E-state index contributed by atoms with van der Waals surface area (Å²) < 4.78 is 2.21. The summed E-state index contributed by atoms with van der Waals surface area (Å²) in [4.78, 5) is 23.0. The van der Waals surface area contributed by atoms with Crippen LogP contribution in [0.1, 0.15) is 11.8 Å². The number of nitriles is 1. The lowest BCUT2D eigenvalue weighted by Crippen LogP contribution is -2.09. The first-order valence-corrected chi connectivity index (χ1v) is 19.4. The molecule has 0 saturated carbocycles. The number of aliphatic carboxylic acids is 1. The largest absolute Gasteiger partial charge is 0.477 e. The molecule has 0 bridgehead atoms. The van der Waals surface area contributed by atoms with Crippen LogP contribution in [0.4, 0.5) is 34.1 Å². The number of thiophene rings is 1. The monoisotopic (exact) mass is 759 g/mol. The predicted molar refractivity (Wildman–Crippen MR) is 233 cm³/mol. The predicted octanol–water partition coefficient (Wildman–Crippen LogP) is 12.9. The van der Waals surface area contributed by atoms with Crippen LogP contribution in [0.5, 0.6) is 0 Å². The molecule has 2 aromatic heterocycles. The normalized spacial score (nSPS) is 11.2. The van der Waals surface area contributed by atoms with E-state index in [1.54, 1.807) is 6.07 Å². The summed E-state index contributed by atoms with van der Waals surface area (Å²) >= 11 is 1.40. The smallest absolute Gasteiger partial charge is 0.346 e. The van der Waals surface area contributed by atoms with Gasteiger partial charge in [0.15, 0.2) is 5.82 Å². The van der Waals surface area contributed by atoms with Crippen molar-refractivity contribution in [2.45, 2.75) is 13.5 Å². The van der Waals surface area contributed by atoms with Crippen LogP contribution in [-0.4, -0.2) is 20.6 Å². The summed E-state index contributed by atoms with van der Waals surface area (Å²) in [6.45, 7) is 2.74. The van der Waals surface area contributed by atoms with Crippen molar-refractivity contribution in [1.82, 2.24) is 9.55 Å². The molecule has 276 valence electrons. The van der Waals surface area contributed by atoms with E-state index in [2.05, 4.69) is 118 Å². The van der Waals surface area contributed by atoms with E-state index in [1.165, 1.54) is 17.4 Å². The van der Waals surface area contributed by atoms with Crippen LogP contribution in [-0.2, 0) is 11.3 Å². The third-order valence-electron chi connectivity index (χ3n) is 9.62. The topological polar surface area (TPSA) is 85.4 Å². The number of aromatic nitrogens is 2. The van der Waals surface area contributed by atoms with Crippen molar-refractivity contribution in [3.8, 4) is 39.3 Å². The average molecular weight is 760 g/mol. The molecule has 2 heterocycles. The van der Waals surface area contributed by atoms with E-state index in [0.717, 1.165) is 67.3 Å². The van der Waals surface area contributed by atoms with E-state index >= 15 is 0 Å². The summed E-state index contributed by atoms with van der Waals surface area (Å²) in [5, 5.41) is 18.9. The van der Waals surface area contributed by atoms with Crippen LogP contribution in [0, 0.1) is 11.3 Å². The fourth-order valence-corrected chi connectivity index (χ4v) is 7.97. The number of para-hydroxylation sites is 4. The van der Waals surface area contributed by atoms with E-state index in [9.17, 15) is 15.2 Å². The first kappa shape index (κ1) is 36.5. The molecule has 0 fully saturated rings. The van der Waals surface area contributed by atoms with Crippen molar-refractivity contribution in [2.24, 2.45) is 0 Å². The number of rotatable bonds is 12. The molecule has 0 unspecified atom stereocenters. The molecule has 0 radical (unpaired) electrons. The highest BCUT2D eigenvalue weighted by atomic mass is 32.1. The Balaban J connectivity index is 1.25. The second-order valence-electron chi connectivity index (χ2n) is 13.2. The minimum Gasteiger partial charge on any atom is -0.477 e. The summed E-state index contributed by atoms with van der Waals surface area (Å²) in [5.74, 6) is -0.491. The average Bonchev–Trinajstić information content (AvgIpc) is 3.90. The maximum absolute atomic E-state index is 11.6. The number of benzene rings is 6. The Morgan fingerprint density at radius 2 is 1.05 bits per heavy atom. The Labute approximate surface area is 335 Å². The summed E-state index contributed by atoms with van der Waals surface area (Å²) in [7, 11) is 0. The van der Waals surface area contributed by atoms with Crippen LogP contribution in [0.15, 0.2) is 188 Å². The van der Waals surface area contributed by atoms with E-state index < -0.39 is 5.97 Å². The van der Waals surface area contributed by atoms with E-state index in [-0.39, 0.29) is 5.57 Å². The van der Waals surface area contributed by atoms with Crippen molar-refractivity contribution in [3.63, 3.8) is 0 Å². The van der Waals surface area contributed by atoms with Gasteiger partial charge < -0.3 is 19.5 Å². The van der Waals surface area contributed by atoms with Crippen LogP contribution in [0.2, 0.25) is 0 Å². The van der Waals surface area contributed by atoms with Gasteiger partial charge in [0.1, 0.15) is 11.6 Å². The Bertz CT molecular complexity index is 2600. The third kappa shape index (κ3) is 7.61. The number of anilines is 6. The minimum atomic E-state index is -1.25. The quantitative estimate of drug-likeness (QED) is 0.0986. The van der Waals surface area contributed by atoms with Gasteiger partial charge in [-0.25, -0.2) is 9.78 Å². The number of carboxylic acids is 1. The Morgan fingerprint density at radius 1 is 0.632 bits per heavy atom. The molecular weight excluding hydrogens is 723 g/mol. The Kier molecular flexibility index (Phi) is 10.6. The maximum Gasteiger partial charge on any atom is 0.346 e. The molecule has 8 aromatic rings. The van der Waals surface area contributed by atoms with Gasteiger partial charge in [0.25, 0.3) is 0 Å². The molecule has 8 rings (SSSR count). The van der Waals surface area contributed by atoms with E-state index in [1.807, 2.05) is 84.9 Å². The maximum atomic E-state index is 11.6. The zero-order valence-electron chi connectivity index (χ0n) is 31.1. The lowest BCUT2D eigenvalue weighted by Gasteiger charge is -2.26. The van der Waals surface area contributed by atoms with E-state index in [4.69, 9.17) is 4.98 Å². The van der Waals surface area contributed by atoms with Gasteiger partial charge in [-0.3, -0.25) is 0 Å². The zero-order valence-corrected chi connectivity index (χ0v) is 31.9. The molecule has 6 aromatic carbocycles. The number of hydrogen-bond acceptors (Lipinski definition) is 6. The first-order chi connectivity index (χ1) is 28.0. The minimum absolute atomic E-state index is 0.316. The Morgan fingerprint density at radius 3 is 1.46 bits per heavy atom. The molecule has 0 saturated heterocycles. The first-order valence-electron chi connectivity index (χ1n) is 18.6. The van der Waals surface area contributed by atoms with Gasteiger partial charge in [0, 0.05) is 56.7 Å². The number of imidazole rings is 1. The van der Waals surface area contributed by atoms with E-state index in [0.29, 0.717) is 11.4 Å². The molecule has 0 spiro atoms. The molecule has 57 heavy (non-hydrogen) atoms. The van der Waals surface area contributed by atoms with Gasteiger partial charge >= 0.3 is 5.97 Å². The standard InChI is InChI=1S/C49H37N5O2S/c1-2-52-47(36-25-29-43(30-26-36)54(40-19-11-5-12-20-40)41-21-13-6-14-22-41)46(51-48(52)45-32-31-44(57-45)33-37(34-50)49(55)56)35-23-27-42(28-24-35)53(38-15-7-3-8-16-38)39-17-9-4-10-18-39/h3-33H,2H2,1H3,(H,55,56)/b37-33+. The zero-order chi connectivity index (χ0) is 39.1. The molecule has 7 nitrogen and oxygen atoms in total. The molecule has 0 aliphatic heterocycles. The van der Waals surface area contributed by atoms with Crippen molar-refractivity contribution in [2.75, 3.05) is 9.80 Å². The number of carbonyl (C=O) groups is 1. The van der Waals surface area contributed by atoms with Gasteiger partial charge in [-0.2, -0.15) is 5.26 Å². The number of nitrogens with zero attached hydrogens (tertiary/aromatic N) is 5. The summed E-state index contributed by atoms with van der Waals surface area (Å²) in [6, 6.07) is 64.0. The lowest BCUT2D eigenvalue weighted by atomic mass is 10.0. The van der Waals surface area contributed by atoms with Crippen molar-refractivity contribution in [1.29, 1.82) is 5.26 Å². The molecule has 1 N–H and O–H groups in total. The molecule has 0 atom stereocenters. The lowest BCUT2D eigenvalue weighted by molar-refractivity contribution is -0.132. The fraction of sp³-hybridized carbons (Fsp3) is 0.0408. The van der Waals surface area contributed by atoms with Crippen LogP contribution >= 0.6 is 11.3 Å². The Hall–Kier alpha value is -7.47. The molecule has 0 aliphatic carbocycles. The van der Waals surface area contributed by atoms with Gasteiger partial charge in [0.05, 0.1) is 16.3 Å². The molecule has 8 heteroatoms. The second-order valence-corrected chi connectivity index (χ2v) is 14.3. The highest BCUT2D eigenvalue weighted by Gasteiger charge is 2.23. The molecule has 0 aliphatic rings. The van der Waals surface area contributed by atoms with Crippen LogP contribution < -0.4 is 9.80 Å². The summed E-state index contributed by atoms with van der Waals surface area (Å²) in [5.41, 5.74) is 9.70. The van der Waals surface area contributed by atoms with Crippen molar-refractivity contribution >= 4 is 57.5 Å². The van der Waals surface area contributed by atoms with Crippen molar-refractivity contribution in [3.05, 3.63) is 192 Å². The van der Waals surface area contributed by atoms with Gasteiger partial charge in [-0.15, -0.1) is 11.3 Å². The van der Waals surface area contributed by atoms with Gasteiger partial charge in [-0.1, -0.05) is 97.1 Å². The van der Waals surface area contributed by atoms with Crippen LogP contribution in [0.3, 0.4) is 0 Å². The molecule has 0 amide bonds.